The van der Waals surface area contributed by atoms with Crippen LogP contribution in [0.15, 0.2) is 65.3 Å². The first-order valence-corrected chi connectivity index (χ1v) is 9.51. The zero-order chi connectivity index (χ0) is 20.4. The van der Waals surface area contributed by atoms with Gasteiger partial charge in [0.05, 0.1) is 12.2 Å². The quantitative estimate of drug-likeness (QED) is 0.704. The third-order valence-corrected chi connectivity index (χ3v) is 5.20. The summed E-state index contributed by atoms with van der Waals surface area (Å²) < 4.78 is 18.8. The molecule has 0 saturated heterocycles. The second kappa shape index (κ2) is 7.91. The van der Waals surface area contributed by atoms with Crippen molar-refractivity contribution in [2.75, 3.05) is 16.8 Å². The topological polar surface area (TPSA) is 62.6 Å². The van der Waals surface area contributed by atoms with E-state index in [2.05, 4.69) is 5.32 Å². The summed E-state index contributed by atoms with van der Waals surface area (Å²) in [5.74, 6) is -0.464. The third-order valence-electron chi connectivity index (χ3n) is 5.20. The average Bonchev–Trinajstić information content (AvgIpc) is 3.36. The number of hydrogen-bond acceptors (Lipinski definition) is 3. The Hall–Kier alpha value is -3.41. The Morgan fingerprint density at radius 2 is 1.97 bits per heavy atom. The maximum atomic E-state index is 13.4. The zero-order valence-corrected chi connectivity index (χ0v) is 16.0. The molecule has 1 N–H and O–H groups in total. The Morgan fingerprint density at radius 1 is 1.17 bits per heavy atom. The number of nitrogens with zero attached hydrogens (tertiary/aromatic N) is 1. The van der Waals surface area contributed by atoms with Crippen LogP contribution in [0.25, 0.3) is 0 Å². The number of nitrogens with one attached hydrogen (secondary N) is 1. The molecule has 0 radical (unpaired) electrons. The maximum Gasteiger partial charge on any atom is 0.232 e. The molecule has 0 bridgehead atoms. The van der Waals surface area contributed by atoms with Crippen LogP contribution in [0.4, 0.5) is 15.8 Å². The minimum Gasteiger partial charge on any atom is -0.469 e. The minimum atomic E-state index is -0.543. The van der Waals surface area contributed by atoms with Crippen LogP contribution >= 0.6 is 0 Å². The molecular formula is C23H21FN2O3. The first kappa shape index (κ1) is 18.9. The summed E-state index contributed by atoms with van der Waals surface area (Å²) in [5.41, 5.74) is 3.24. The number of amides is 2. The minimum absolute atomic E-state index is 0.0192. The van der Waals surface area contributed by atoms with Gasteiger partial charge in [0.25, 0.3) is 0 Å². The van der Waals surface area contributed by atoms with Gasteiger partial charge >= 0.3 is 0 Å². The summed E-state index contributed by atoms with van der Waals surface area (Å²) >= 11 is 0. The van der Waals surface area contributed by atoms with Gasteiger partial charge in [0.2, 0.25) is 11.8 Å². The standard InChI is InChI=1S/C23H21FN2O3/c1-15(27)26-11-10-17-6-9-19(13-22(17)26)25-23(28)21(14-20-3-2-12-29-20)16-4-7-18(24)8-5-16/h2-9,12-13,21H,10-11,14H2,1H3,(H,25,28). The van der Waals surface area contributed by atoms with Gasteiger partial charge in [-0.25, -0.2) is 4.39 Å². The summed E-state index contributed by atoms with van der Waals surface area (Å²) in [6.45, 7) is 2.19. The second-order valence-corrected chi connectivity index (χ2v) is 7.14. The molecule has 1 aliphatic heterocycles. The van der Waals surface area contributed by atoms with Crippen molar-refractivity contribution in [1.82, 2.24) is 0 Å². The lowest BCUT2D eigenvalue weighted by Crippen LogP contribution is -2.26. The summed E-state index contributed by atoms with van der Waals surface area (Å²) in [6.07, 6.45) is 2.72. The predicted octanol–water partition coefficient (Wildman–Crippen LogP) is 4.29. The Balaban J connectivity index is 1.59. The van der Waals surface area contributed by atoms with Crippen LogP contribution in [0.2, 0.25) is 0 Å². The van der Waals surface area contributed by atoms with E-state index >= 15 is 0 Å². The van der Waals surface area contributed by atoms with Crippen LogP contribution in [0.5, 0.6) is 0 Å². The molecule has 29 heavy (non-hydrogen) atoms. The number of furan rings is 1. The van der Waals surface area contributed by atoms with Gasteiger partial charge in [-0.05, 0) is 53.9 Å². The highest BCUT2D eigenvalue weighted by Gasteiger charge is 2.25. The van der Waals surface area contributed by atoms with Crippen LogP contribution in [-0.2, 0) is 22.4 Å². The molecule has 0 spiro atoms. The molecule has 3 aromatic rings. The lowest BCUT2D eigenvalue weighted by molar-refractivity contribution is -0.118. The molecule has 6 heteroatoms. The highest BCUT2D eigenvalue weighted by Crippen LogP contribution is 2.32. The van der Waals surface area contributed by atoms with Crippen LogP contribution in [0.1, 0.15) is 29.7 Å². The largest absolute Gasteiger partial charge is 0.469 e. The van der Waals surface area contributed by atoms with Gasteiger partial charge in [-0.2, -0.15) is 0 Å². The fourth-order valence-electron chi connectivity index (χ4n) is 3.70. The number of hydrogen-bond donors (Lipinski definition) is 1. The number of carbonyl (C=O) groups is 2. The molecule has 2 amide bonds. The monoisotopic (exact) mass is 392 g/mol. The molecular weight excluding hydrogens is 371 g/mol. The number of halogens is 1. The first-order chi connectivity index (χ1) is 14.0. The van der Waals surface area contributed by atoms with Crippen molar-refractivity contribution < 1.29 is 18.4 Å². The summed E-state index contributed by atoms with van der Waals surface area (Å²) in [4.78, 5) is 26.7. The number of carbonyl (C=O) groups excluding carboxylic acids is 2. The fourth-order valence-corrected chi connectivity index (χ4v) is 3.70. The van der Waals surface area contributed by atoms with Gasteiger partial charge < -0.3 is 14.6 Å². The van der Waals surface area contributed by atoms with Crippen molar-refractivity contribution in [3.63, 3.8) is 0 Å². The van der Waals surface area contributed by atoms with Gasteiger partial charge in [0, 0.05) is 31.3 Å². The Bertz CT molecular complexity index is 1030. The SMILES string of the molecule is CC(=O)N1CCc2ccc(NC(=O)C(Cc3ccco3)c3ccc(F)cc3)cc21. The van der Waals surface area contributed by atoms with Crippen molar-refractivity contribution in [3.05, 3.63) is 83.6 Å². The molecule has 0 aliphatic carbocycles. The molecule has 1 atom stereocenters. The van der Waals surface area contributed by atoms with Crippen LogP contribution in [-0.4, -0.2) is 18.4 Å². The highest BCUT2D eigenvalue weighted by molar-refractivity contribution is 5.98. The lowest BCUT2D eigenvalue weighted by atomic mass is 9.93. The van der Waals surface area contributed by atoms with Gasteiger partial charge in [0.15, 0.2) is 0 Å². The third kappa shape index (κ3) is 4.06. The molecule has 1 unspecified atom stereocenters. The highest BCUT2D eigenvalue weighted by atomic mass is 19.1. The van der Waals surface area contributed by atoms with Crippen molar-refractivity contribution in [2.45, 2.75) is 25.7 Å². The first-order valence-electron chi connectivity index (χ1n) is 9.51. The fraction of sp³-hybridized carbons (Fsp3) is 0.217. The molecule has 0 saturated carbocycles. The Kier molecular flexibility index (Phi) is 5.16. The van der Waals surface area contributed by atoms with E-state index < -0.39 is 5.92 Å². The number of fused-ring (bicyclic) bond motifs is 1. The number of rotatable bonds is 5. The predicted molar refractivity (Wildman–Crippen MR) is 108 cm³/mol. The van der Waals surface area contributed by atoms with E-state index in [-0.39, 0.29) is 17.6 Å². The van der Waals surface area contributed by atoms with Crippen molar-refractivity contribution in [1.29, 1.82) is 0 Å². The molecule has 5 nitrogen and oxygen atoms in total. The lowest BCUT2D eigenvalue weighted by Gasteiger charge is -2.18. The number of anilines is 2. The molecule has 1 aromatic heterocycles. The van der Waals surface area contributed by atoms with E-state index in [0.29, 0.717) is 30.0 Å². The van der Waals surface area contributed by atoms with Gasteiger partial charge in [-0.15, -0.1) is 0 Å². The van der Waals surface area contributed by atoms with E-state index in [1.807, 2.05) is 24.3 Å². The smallest absolute Gasteiger partial charge is 0.232 e. The Morgan fingerprint density at radius 3 is 2.66 bits per heavy atom. The summed E-state index contributed by atoms with van der Waals surface area (Å²) in [5, 5.41) is 2.94. The van der Waals surface area contributed by atoms with E-state index in [9.17, 15) is 14.0 Å². The van der Waals surface area contributed by atoms with Crippen molar-refractivity contribution in [2.24, 2.45) is 0 Å². The normalized spacial score (nSPS) is 13.8. The molecule has 148 valence electrons. The zero-order valence-electron chi connectivity index (χ0n) is 16.0. The van der Waals surface area contributed by atoms with Crippen LogP contribution in [0, 0.1) is 5.82 Å². The summed E-state index contributed by atoms with van der Waals surface area (Å²) in [6, 6.07) is 15.1. The molecule has 2 aromatic carbocycles. The van der Waals surface area contributed by atoms with Crippen molar-refractivity contribution >= 4 is 23.2 Å². The van der Waals surface area contributed by atoms with Gasteiger partial charge in [-0.3, -0.25) is 9.59 Å². The van der Waals surface area contributed by atoms with Crippen molar-refractivity contribution in [3.8, 4) is 0 Å². The molecule has 4 rings (SSSR count). The van der Waals surface area contributed by atoms with Gasteiger partial charge in [0.1, 0.15) is 11.6 Å². The molecule has 0 fully saturated rings. The molecule has 1 aliphatic rings. The van der Waals surface area contributed by atoms with Gasteiger partial charge in [-0.1, -0.05) is 18.2 Å². The van der Waals surface area contributed by atoms with E-state index in [4.69, 9.17) is 4.42 Å². The van der Waals surface area contributed by atoms with E-state index in [1.165, 1.54) is 19.1 Å². The second-order valence-electron chi connectivity index (χ2n) is 7.14. The van der Waals surface area contributed by atoms with E-state index in [1.54, 1.807) is 29.4 Å². The summed E-state index contributed by atoms with van der Waals surface area (Å²) in [7, 11) is 0. The Labute approximate surface area is 168 Å². The van der Waals surface area contributed by atoms with Crippen LogP contribution < -0.4 is 10.2 Å². The average molecular weight is 392 g/mol. The molecule has 2 heterocycles. The van der Waals surface area contributed by atoms with Crippen LogP contribution in [0.3, 0.4) is 0 Å². The maximum absolute atomic E-state index is 13.4. The number of benzene rings is 2. The van der Waals surface area contributed by atoms with E-state index in [0.717, 1.165) is 17.7 Å².